The predicted molar refractivity (Wildman–Crippen MR) is 88.8 cm³/mol. The summed E-state index contributed by atoms with van der Waals surface area (Å²) < 4.78 is 5.46. The normalized spacial score (nSPS) is 15.5. The third kappa shape index (κ3) is 3.76. The number of aryl methyl sites for hydroxylation is 1. The monoisotopic (exact) mass is 298 g/mol. The molecule has 1 saturated carbocycles. The Bertz CT molecular complexity index is 567. The lowest BCUT2D eigenvalue weighted by Gasteiger charge is -2.02. The summed E-state index contributed by atoms with van der Waals surface area (Å²) in [6.45, 7) is 2.25. The van der Waals surface area contributed by atoms with E-state index < -0.39 is 0 Å². The second-order valence-electron chi connectivity index (χ2n) is 6.45. The summed E-state index contributed by atoms with van der Waals surface area (Å²) in [6.07, 6.45) is 11.4. The Balaban J connectivity index is 1.60. The maximum absolute atomic E-state index is 5.46. The third-order valence-electron chi connectivity index (χ3n) is 4.68. The lowest BCUT2D eigenvalue weighted by atomic mass is 10.0. The van der Waals surface area contributed by atoms with Crippen LogP contribution in [0, 0.1) is 0 Å². The smallest absolute Gasteiger partial charge is 0.230 e. The molecule has 22 heavy (non-hydrogen) atoms. The van der Waals surface area contributed by atoms with Gasteiger partial charge in [-0.1, -0.05) is 68.4 Å². The van der Waals surface area contributed by atoms with E-state index in [9.17, 15) is 0 Å². The first kappa shape index (κ1) is 15.3. The van der Waals surface area contributed by atoms with Crippen LogP contribution in [0.4, 0.5) is 0 Å². The van der Waals surface area contributed by atoms with E-state index in [4.69, 9.17) is 4.52 Å². The molecule has 0 saturated heterocycles. The van der Waals surface area contributed by atoms with Gasteiger partial charge in [0.05, 0.1) is 0 Å². The maximum atomic E-state index is 5.46. The molecule has 0 aliphatic heterocycles. The fourth-order valence-electron chi connectivity index (χ4n) is 3.27. The molecule has 0 atom stereocenters. The van der Waals surface area contributed by atoms with E-state index in [1.165, 1.54) is 63.4 Å². The van der Waals surface area contributed by atoms with Crippen LogP contribution in [0.1, 0.15) is 75.7 Å². The topological polar surface area (TPSA) is 38.9 Å². The van der Waals surface area contributed by atoms with Gasteiger partial charge in [-0.15, -0.1) is 0 Å². The van der Waals surface area contributed by atoms with E-state index in [0.717, 1.165) is 17.3 Å². The minimum Gasteiger partial charge on any atom is -0.339 e. The fourth-order valence-corrected chi connectivity index (χ4v) is 3.27. The molecule has 0 bridgehead atoms. The van der Waals surface area contributed by atoms with Crippen LogP contribution in [0.25, 0.3) is 11.4 Å². The third-order valence-corrected chi connectivity index (χ3v) is 4.68. The van der Waals surface area contributed by atoms with Crippen LogP contribution in [-0.4, -0.2) is 10.1 Å². The average Bonchev–Trinajstić information content (AvgIpc) is 3.23. The zero-order chi connectivity index (χ0) is 15.2. The molecule has 1 aliphatic rings. The molecule has 1 fully saturated rings. The first-order chi connectivity index (χ1) is 10.9. The number of unbranched alkanes of at least 4 members (excludes halogenated alkanes) is 3. The summed E-state index contributed by atoms with van der Waals surface area (Å²) in [4.78, 5) is 4.60. The molecular formula is C19H26N2O. The molecule has 0 radical (unpaired) electrons. The highest BCUT2D eigenvalue weighted by Crippen LogP contribution is 2.33. The zero-order valence-corrected chi connectivity index (χ0v) is 13.6. The molecule has 0 amide bonds. The van der Waals surface area contributed by atoms with Crippen LogP contribution in [0.3, 0.4) is 0 Å². The van der Waals surface area contributed by atoms with Crippen molar-refractivity contribution in [1.29, 1.82) is 0 Å². The molecule has 3 rings (SSSR count). The summed E-state index contributed by atoms with van der Waals surface area (Å²) in [5.74, 6) is 2.05. The van der Waals surface area contributed by atoms with Gasteiger partial charge in [0.25, 0.3) is 0 Å². The number of hydrogen-bond acceptors (Lipinski definition) is 3. The summed E-state index contributed by atoms with van der Waals surface area (Å²) >= 11 is 0. The second-order valence-corrected chi connectivity index (χ2v) is 6.45. The number of aromatic nitrogens is 2. The Morgan fingerprint density at radius 3 is 2.55 bits per heavy atom. The molecule has 118 valence electrons. The van der Waals surface area contributed by atoms with Crippen molar-refractivity contribution in [2.45, 2.75) is 70.6 Å². The highest BCUT2D eigenvalue weighted by atomic mass is 16.5. The molecule has 1 aromatic heterocycles. The Morgan fingerprint density at radius 1 is 1.05 bits per heavy atom. The van der Waals surface area contributed by atoms with Gasteiger partial charge in [0, 0.05) is 11.5 Å². The summed E-state index contributed by atoms with van der Waals surface area (Å²) in [5, 5.41) is 4.16. The van der Waals surface area contributed by atoms with Crippen molar-refractivity contribution in [3.8, 4) is 11.4 Å². The minimum absolute atomic E-state index is 0.485. The van der Waals surface area contributed by atoms with Gasteiger partial charge in [-0.2, -0.15) is 4.98 Å². The summed E-state index contributed by atoms with van der Waals surface area (Å²) in [5.41, 5.74) is 2.46. The van der Waals surface area contributed by atoms with Crippen molar-refractivity contribution in [2.24, 2.45) is 0 Å². The Morgan fingerprint density at radius 2 is 1.82 bits per heavy atom. The van der Waals surface area contributed by atoms with Crippen molar-refractivity contribution in [3.63, 3.8) is 0 Å². The predicted octanol–water partition coefficient (Wildman–Crippen LogP) is 5.52. The van der Waals surface area contributed by atoms with Crippen LogP contribution < -0.4 is 0 Å². The highest BCUT2D eigenvalue weighted by molar-refractivity contribution is 5.54. The lowest BCUT2D eigenvalue weighted by Crippen LogP contribution is -1.92. The van der Waals surface area contributed by atoms with Crippen LogP contribution in [0.15, 0.2) is 28.8 Å². The van der Waals surface area contributed by atoms with E-state index in [-0.39, 0.29) is 0 Å². The van der Waals surface area contributed by atoms with Gasteiger partial charge >= 0.3 is 0 Å². The molecule has 1 heterocycles. The molecule has 1 aromatic carbocycles. The van der Waals surface area contributed by atoms with E-state index in [1.54, 1.807) is 0 Å². The van der Waals surface area contributed by atoms with E-state index in [2.05, 4.69) is 41.3 Å². The Kier molecular flexibility index (Phi) is 5.25. The number of hydrogen-bond donors (Lipinski definition) is 0. The van der Waals surface area contributed by atoms with Crippen LogP contribution >= 0.6 is 0 Å². The van der Waals surface area contributed by atoms with E-state index in [0.29, 0.717) is 5.92 Å². The van der Waals surface area contributed by atoms with Gasteiger partial charge in [0.2, 0.25) is 11.7 Å². The Labute approximate surface area is 133 Å². The number of nitrogens with zero attached hydrogens (tertiary/aromatic N) is 2. The average molecular weight is 298 g/mol. The number of rotatable bonds is 7. The van der Waals surface area contributed by atoms with Gasteiger partial charge < -0.3 is 4.52 Å². The molecule has 0 spiro atoms. The molecule has 2 aromatic rings. The molecule has 1 aliphatic carbocycles. The van der Waals surface area contributed by atoms with Gasteiger partial charge in [-0.3, -0.25) is 0 Å². The van der Waals surface area contributed by atoms with Crippen LogP contribution in [-0.2, 0) is 6.42 Å². The van der Waals surface area contributed by atoms with Gasteiger partial charge in [0.1, 0.15) is 0 Å². The standard InChI is InChI=1S/C19H26N2O/c1-2-3-4-5-8-15-11-13-16(14-12-15)18-20-19(22-21-18)17-9-6-7-10-17/h11-14,17H,2-10H2,1H3. The van der Waals surface area contributed by atoms with Crippen molar-refractivity contribution in [1.82, 2.24) is 10.1 Å². The largest absolute Gasteiger partial charge is 0.339 e. The first-order valence-electron chi connectivity index (χ1n) is 8.79. The quantitative estimate of drug-likeness (QED) is 0.632. The van der Waals surface area contributed by atoms with Crippen molar-refractivity contribution >= 4 is 0 Å². The van der Waals surface area contributed by atoms with Gasteiger partial charge in [-0.05, 0) is 31.2 Å². The van der Waals surface area contributed by atoms with Crippen molar-refractivity contribution in [3.05, 3.63) is 35.7 Å². The molecule has 0 N–H and O–H groups in total. The molecular weight excluding hydrogens is 272 g/mol. The molecule has 3 heteroatoms. The van der Waals surface area contributed by atoms with Crippen molar-refractivity contribution < 1.29 is 4.52 Å². The fraction of sp³-hybridized carbons (Fsp3) is 0.579. The zero-order valence-electron chi connectivity index (χ0n) is 13.6. The lowest BCUT2D eigenvalue weighted by molar-refractivity contribution is 0.354. The summed E-state index contributed by atoms with van der Waals surface area (Å²) in [7, 11) is 0. The minimum atomic E-state index is 0.485. The van der Waals surface area contributed by atoms with Crippen LogP contribution in [0.2, 0.25) is 0 Å². The number of benzene rings is 1. The van der Waals surface area contributed by atoms with Crippen LogP contribution in [0.5, 0.6) is 0 Å². The molecule has 3 nitrogen and oxygen atoms in total. The Hall–Kier alpha value is -1.64. The molecule has 0 unspecified atom stereocenters. The second kappa shape index (κ2) is 7.57. The first-order valence-corrected chi connectivity index (χ1v) is 8.79. The van der Waals surface area contributed by atoms with E-state index in [1.807, 2.05) is 0 Å². The SMILES string of the molecule is CCCCCCc1ccc(-c2noc(C3CCCC3)n2)cc1. The van der Waals surface area contributed by atoms with Gasteiger partial charge in [-0.25, -0.2) is 0 Å². The van der Waals surface area contributed by atoms with Gasteiger partial charge in [0.15, 0.2) is 0 Å². The maximum Gasteiger partial charge on any atom is 0.230 e. The highest BCUT2D eigenvalue weighted by Gasteiger charge is 2.23. The van der Waals surface area contributed by atoms with E-state index >= 15 is 0 Å². The summed E-state index contributed by atoms with van der Waals surface area (Å²) in [6, 6.07) is 8.65. The van der Waals surface area contributed by atoms with Crippen molar-refractivity contribution in [2.75, 3.05) is 0 Å².